The van der Waals surface area contributed by atoms with Crippen LogP contribution in [-0.4, -0.2) is 30.5 Å². The Bertz CT molecular complexity index is 1230. The van der Waals surface area contributed by atoms with E-state index in [9.17, 15) is 9.90 Å². The van der Waals surface area contributed by atoms with E-state index in [0.717, 1.165) is 41.9 Å². The number of aromatic nitrogens is 1. The van der Waals surface area contributed by atoms with Crippen molar-refractivity contribution in [3.05, 3.63) is 59.0 Å². The molecule has 2 aliphatic rings. The second-order valence-electron chi connectivity index (χ2n) is 8.95. The lowest BCUT2D eigenvalue weighted by molar-refractivity contribution is -0.913. The van der Waals surface area contributed by atoms with Crippen molar-refractivity contribution in [2.75, 3.05) is 20.2 Å². The molecule has 0 spiro atoms. The SMILES string of the molecule is CCn1cc(/C=C2/Oc3c(ccc([O-])c3C[NH+]3CCCCCC3)C2=O)c2cc(OC)ccc21. The number of allylic oxidation sites excluding steroid dienone is 1. The number of carbonyl (C=O) groups is 1. The first-order valence-electron chi connectivity index (χ1n) is 11.9. The van der Waals surface area contributed by atoms with Crippen LogP contribution in [-0.2, 0) is 13.1 Å². The van der Waals surface area contributed by atoms with E-state index in [1.165, 1.54) is 36.6 Å². The van der Waals surface area contributed by atoms with Gasteiger partial charge in [-0.05, 0) is 62.9 Å². The van der Waals surface area contributed by atoms with Crippen LogP contribution in [0.2, 0.25) is 0 Å². The molecular formula is C27H30N2O4. The second-order valence-corrected chi connectivity index (χ2v) is 8.95. The first kappa shape index (κ1) is 21.6. The average molecular weight is 447 g/mol. The predicted octanol–water partition coefficient (Wildman–Crippen LogP) is 3.32. The number of aryl methyl sites for hydroxylation is 1. The number of nitrogens with one attached hydrogen (secondary N) is 1. The molecule has 2 aromatic carbocycles. The van der Waals surface area contributed by atoms with Gasteiger partial charge < -0.3 is 24.0 Å². The highest BCUT2D eigenvalue weighted by Gasteiger charge is 2.31. The summed E-state index contributed by atoms with van der Waals surface area (Å²) in [6.45, 7) is 5.61. The van der Waals surface area contributed by atoms with Gasteiger partial charge in [-0.2, -0.15) is 0 Å². The molecule has 0 radical (unpaired) electrons. The molecule has 3 aromatic rings. The third-order valence-corrected chi connectivity index (χ3v) is 6.88. The molecule has 1 aromatic heterocycles. The molecule has 33 heavy (non-hydrogen) atoms. The van der Waals surface area contributed by atoms with Crippen LogP contribution in [0.15, 0.2) is 42.3 Å². The third-order valence-electron chi connectivity index (χ3n) is 6.88. The Labute approximate surface area is 194 Å². The fourth-order valence-corrected chi connectivity index (χ4v) is 5.06. The van der Waals surface area contributed by atoms with Crippen molar-refractivity contribution < 1.29 is 24.3 Å². The Hall–Kier alpha value is -3.25. The number of ketones is 1. The Kier molecular flexibility index (Phi) is 5.85. The summed E-state index contributed by atoms with van der Waals surface area (Å²) in [5.74, 6) is 1.26. The molecule has 2 aliphatic heterocycles. The average Bonchev–Trinajstić information content (AvgIpc) is 3.20. The van der Waals surface area contributed by atoms with Gasteiger partial charge >= 0.3 is 0 Å². The maximum Gasteiger partial charge on any atom is 0.231 e. The van der Waals surface area contributed by atoms with Crippen molar-refractivity contribution in [2.24, 2.45) is 0 Å². The molecule has 0 aliphatic carbocycles. The zero-order valence-corrected chi connectivity index (χ0v) is 19.3. The van der Waals surface area contributed by atoms with E-state index >= 15 is 0 Å². The first-order chi connectivity index (χ1) is 16.1. The lowest BCUT2D eigenvalue weighted by atomic mass is 10.0. The molecule has 1 saturated heterocycles. The van der Waals surface area contributed by atoms with Gasteiger partial charge in [-0.3, -0.25) is 4.79 Å². The number of Topliss-reactive ketones (excluding diaryl/α,β-unsaturated/α-hetero) is 1. The fourth-order valence-electron chi connectivity index (χ4n) is 5.06. The van der Waals surface area contributed by atoms with Gasteiger partial charge in [0.25, 0.3) is 0 Å². The van der Waals surface area contributed by atoms with Crippen LogP contribution in [0, 0.1) is 0 Å². The highest BCUT2D eigenvalue weighted by Crippen LogP contribution is 2.39. The standard InChI is InChI=1S/C27H30N2O4/c1-3-29-16-18(21-15-19(32-2)8-10-23(21)29)14-25-26(31)20-9-11-24(30)22(27(20)33-25)17-28-12-6-4-5-7-13-28/h8-11,14-16,30H,3-7,12-13,17H2,1-2H3/b25-14+. The lowest BCUT2D eigenvalue weighted by Gasteiger charge is -2.22. The number of hydrogen-bond acceptors (Lipinski definition) is 4. The van der Waals surface area contributed by atoms with E-state index < -0.39 is 0 Å². The van der Waals surface area contributed by atoms with E-state index in [2.05, 4.69) is 11.5 Å². The largest absolute Gasteiger partial charge is 0.872 e. The molecule has 172 valence electrons. The summed E-state index contributed by atoms with van der Waals surface area (Å²) in [5.41, 5.74) is 3.07. The second kappa shape index (κ2) is 8.94. The van der Waals surface area contributed by atoms with E-state index in [1.54, 1.807) is 19.3 Å². The molecular weight excluding hydrogens is 416 g/mol. The van der Waals surface area contributed by atoms with Crippen molar-refractivity contribution >= 4 is 22.8 Å². The Morgan fingerprint density at radius 1 is 1.15 bits per heavy atom. The molecule has 0 atom stereocenters. The summed E-state index contributed by atoms with van der Waals surface area (Å²) < 4.78 is 13.7. The van der Waals surface area contributed by atoms with Crippen molar-refractivity contribution in [1.29, 1.82) is 0 Å². The number of likely N-dealkylation sites (tertiary alicyclic amines) is 1. The van der Waals surface area contributed by atoms with Crippen LogP contribution >= 0.6 is 0 Å². The summed E-state index contributed by atoms with van der Waals surface area (Å²) in [6, 6.07) is 9.07. The van der Waals surface area contributed by atoms with E-state index in [-0.39, 0.29) is 17.3 Å². The number of methoxy groups -OCH3 is 1. The van der Waals surface area contributed by atoms with Crippen molar-refractivity contribution in [1.82, 2.24) is 4.57 Å². The van der Waals surface area contributed by atoms with Gasteiger partial charge in [0.1, 0.15) is 18.0 Å². The van der Waals surface area contributed by atoms with Gasteiger partial charge in [0.2, 0.25) is 5.78 Å². The summed E-state index contributed by atoms with van der Waals surface area (Å²) in [4.78, 5) is 14.6. The molecule has 3 heterocycles. The fraction of sp³-hybridized carbons (Fsp3) is 0.370. The molecule has 6 heteroatoms. The molecule has 0 unspecified atom stereocenters. The highest BCUT2D eigenvalue weighted by atomic mass is 16.5. The predicted molar refractivity (Wildman–Crippen MR) is 126 cm³/mol. The minimum Gasteiger partial charge on any atom is -0.872 e. The summed E-state index contributed by atoms with van der Waals surface area (Å²) in [6.07, 6.45) is 8.67. The molecule has 6 nitrogen and oxygen atoms in total. The number of carbonyl (C=O) groups excluding carboxylic acids is 1. The topological polar surface area (TPSA) is 68.0 Å². The van der Waals surface area contributed by atoms with Gasteiger partial charge in [-0.25, -0.2) is 0 Å². The highest BCUT2D eigenvalue weighted by molar-refractivity contribution is 6.15. The summed E-state index contributed by atoms with van der Waals surface area (Å²) in [7, 11) is 1.64. The molecule has 0 saturated carbocycles. The Morgan fingerprint density at radius 3 is 2.67 bits per heavy atom. The number of nitrogens with zero attached hydrogens (tertiary/aromatic N) is 1. The number of quaternary nitrogens is 1. The molecule has 1 fully saturated rings. The van der Waals surface area contributed by atoms with Crippen LogP contribution in [0.4, 0.5) is 0 Å². The number of hydrogen-bond donors (Lipinski definition) is 1. The van der Waals surface area contributed by atoms with Gasteiger partial charge in [-0.15, -0.1) is 0 Å². The molecule has 5 rings (SSSR count). The third kappa shape index (κ3) is 4.00. The summed E-state index contributed by atoms with van der Waals surface area (Å²) in [5, 5.41) is 13.8. The number of ether oxygens (including phenoxy) is 2. The quantitative estimate of drug-likeness (QED) is 0.611. The minimum absolute atomic E-state index is 0.0492. The zero-order valence-electron chi connectivity index (χ0n) is 19.3. The maximum atomic E-state index is 13.2. The number of benzene rings is 2. The van der Waals surface area contributed by atoms with E-state index in [1.807, 2.05) is 24.4 Å². The molecule has 0 bridgehead atoms. The van der Waals surface area contributed by atoms with Crippen LogP contribution in [0.1, 0.15) is 54.1 Å². The van der Waals surface area contributed by atoms with Gasteiger partial charge in [0.15, 0.2) is 5.76 Å². The smallest absolute Gasteiger partial charge is 0.231 e. The number of fused-ring (bicyclic) bond motifs is 2. The van der Waals surface area contributed by atoms with Crippen molar-refractivity contribution in [3.8, 4) is 17.2 Å². The Morgan fingerprint density at radius 2 is 1.94 bits per heavy atom. The monoisotopic (exact) mass is 446 g/mol. The van der Waals surface area contributed by atoms with Crippen molar-refractivity contribution in [3.63, 3.8) is 0 Å². The van der Waals surface area contributed by atoms with Gasteiger partial charge in [-0.1, -0.05) is 11.8 Å². The van der Waals surface area contributed by atoms with Crippen LogP contribution in [0.5, 0.6) is 17.2 Å². The Balaban J connectivity index is 1.51. The van der Waals surface area contributed by atoms with Crippen LogP contribution in [0.3, 0.4) is 0 Å². The van der Waals surface area contributed by atoms with Crippen molar-refractivity contribution in [2.45, 2.75) is 45.7 Å². The van der Waals surface area contributed by atoms with Crippen LogP contribution < -0.4 is 19.5 Å². The zero-order chi connectivity index (χ0) is 22.9. The van der Waals surface area contributed by atoms with E-state index in [4.69, 9.17) is 9.47 Å². The summed E-state index contributed by atoms with van der Waals surface area (Å²) >= 11 is 0. The first-order valence-corrected chi connectivity index (χ1v) is 11.9. The van der Waals surface area contributed by atoms with Crippen LogP contribution in [0.25, 0.3) is 17.0 Å². The van der Waals surface area contributed by atoms with Gasteiger partial charge in [0, 0.05) is 34.8 Å². The molecule has 0 amide bonds. The van der Waals surface area contributed by atoms with Gasteiger partial charge in [0.05, 0.1) is 25.8 Å². The number of rotatable bonds is 5. The maximum absolute atomic E-state index is 13.2. The lowest BCUT2D eigenvalue weighted by Crippen LogP contribution is -3.10. The normalized spacial score (nSPS) is 17.9. The minimum atomic E-state index is -0.169. The molecule has 1 N–H and O–H groups in total. The van der Waals surface area contributed by atoms with E-state index in [0.29, 0.717) is 23.4 Å².